The quantitative estimate of drug-likeness (QED) is 0.641. The van der Waals surface area contributed by atoms with Crippen LogP contribution in [0.15, 0.2) is 34.2 Å². The van der Waals surface area contributed by atoms with Gasteiger partial charge in [-0.15, -0.1) is 0 Å². The van der Waals surface area contributed by atoms with Gasteiger partial charge in [-0.1, -0.05) is 23.9 Å². The van der Waals surface area contributed by atoms with Gasteiger partial charge in [-0.3, -0.25) is 4.79 Å². The van der Waals surface area contributed by atoms with Crippen LogP contribution in [0, 0.1) is 11.3 Å². The van der Waals surface area contributed by atoms with Crippen LogP contribution in [0.3, 0.4) is 0 Å². The Kier molecular flexibility index (Phi) is 5.20. The molecule has 0 amide bonds. The maximum absolute atomic E-state index is 11.9. The van der Waals surface area contributed by atoms with E-state index in [9.17, 15) is 10.1 Å². The van der Waals surface area contributed by atoms with Crippen molar-refractivity contribution in [2.24, 2.45) is 0 Å². The van der Waals surface area contributed by atoms with E-state index in [1.807, 2.05) is 42.3 Å². The highest BCUT2D eigenvalue weighted by molar-refractivity contribution is 7.98. The van der Waals surface area contributed by atoms with Crippen LogP contribution < -0.4 is 10.5 Å². The number of aliphatic hydroxyl groups is 1. The highest BCUT2D eigenvalue weighted by Gasteiger charge is 2.13. The fraction of sp³-hybridized carbons (Fsp3) is 0.267. The van der Waals surface area contributed by atoms with Crippen molar-refractivity contribution in [1.29, 1.82) is 5.26 Å². The Labute approximate surface area is 132 Å². The van der Waals surface area contributed by atoms with Crippen molar-refractivity contribution in [3.8, 4) is 17.3 Å². The van der Waals surface area contributed by atoms with Gasteiger partial charge in [-0.2, -0.15) is 5.26 Å². The molecule has 2 rings (SSSR count). The SMILES string of the molecule is CSc1nc(-c2ccc(N(C)CCO)cc2)c(C#N)c(=O)[nH]1. The van der Waals surface area contributed by atoms with Crippen LogP contribution in [0.2, 0.25) is 0 Å². The number of anilines is 1. The third kappa shape index (κ3) is 3.30. The van der Waals surface area contributed by atoms with Gasteiger partial charge in [0.15, 0.2) is 5.16 Å². The fourth-order valence-electron chi connectivity index (χ4n) is 2.01. The minimum atomic E-state index is -0.432. The molecule has 0 saturated carbocycles. The molecule has 1 aromatic heterocycles. The lowest BCUT2D eigenvalue weighted by Crippen LogP contribution is -2.20. The first-order chi connectivity index (χ1) is 10.6. The summed E-state index contributed by atoms with van der Waals surface area (Å²) >= 11 is 1.31. The number of thioether (sulfide) groups is 1. The normalized spacial score (nSPS) is 10.3. The summed E-state index contributed by atoms with van der Waals surface area (Å²) in [6.45, 7) is 0.603. The Balaban J connectivity index is 2.46. The van der Waals surface area contributed by atoms with Crippen molar-refractivity contribution in [1.82, 2.24) is 9.97 Å². The van der Waals surface area contributed by atoms with E-state index in [1.165, 1.54) is 11.8 Å². The summed E-state index contributed by atoms with van der Waals surface area (Å²) in [5, 5.41) is 18.6. The van der Waals surface area contributed by atoms with Gasteiger partial charge in [0.2, 0.25) is 0 Å². The highest BCUT2D eigenvalue weighted by atomic mass is 32.2. The molecule has 2 N–H and O–H groups in total. The predicted octanol–water partition coefficient (Wildman–Crippen LogP) is 1.46. The second-order valence-electron chi connectivity index (χ2n) is 4.60. The van der Waals surface area contributed by atoms with E-state index in [4.69, 9.17) is 5.11 Å². The van der Waals surface area contributed by atoms with Gasteiger partial charge in [-0.25, -0.2) is 4.98 Å². The van der Waals surface area contributed by atoms with Crippen molar-refractivity contribution in [3.05, 3.63) is 40.2 Å². The molecule has 0 saturated heterocycles. The first-order valence-corrected chi connectivity index (χ1v) is 7.84. The third-order valence-electron chi connectivity index (χ3n) is 3.22. The lowest BCUT2D eigenvalue weighted by atomic mass is 10.1. The van der Waals surface area contributed by atoms with Crippen LogP contribution in [0.5, 0.6) is 0 Å². The van der Waals surface area contributed by atoms with Crippen molar-refractivity contribution < 1.29 is 5.11 Å². The van der Waals surface area contributed by atoms with Gasteiger partial charge in [0, 0.05) is 24.8 Å². The van der Waals surface area contributed by atoms with Gasteiger partial charge < -0.3 is 15.0 Å². The van der Waals surface area contributed by atoms with Crippen molar-refractivity contribution in [3.63, 3.8) is 0 Å². The number of rotatable bonds is 5. The van der Waals surface area contributed by atoms with Gasteiger partial charge in [0.25, 0.3) is 5.56 Å². The lowest BCUT2D eigenvalue weighted by molar-refractivity contribution is 0.304. The van der Waals surface area contributed by atoms with Crippen molar-refractivity contribution in [2.75, 3.05) is 31.4 Å². The molecule has 7 heteroatoms. The molecule has 1 heterocycles. The van der Waals surface area contributed by atoms with Gasteiger partial charge in [0.05, 0.1) is 12.3 Å². The summed E-state index contributed by atoms with van der Waals surface area (Å²) in [6.07, 6.45) is 1.81. The Bertz CT molecular complexity index is 750. The Morgan fingerprint density at radius 3 is 2.64 bits per heavy atom. The molecule has 22 heavy (non-hydrogen) atoms. The van der Waals surface area contributed by atoms with Crippen LogP contribution in [0.4, 0.5) is 5.69 Å². The van der Waals surface area contributed by atoms with E-state index in [0.29, 0.717) is 23.0 Å². The summed E-state index contributed by atoms with van der Waals surface area (Å²) in [4.78, 5) is 20.7. The highest BCUT2D eigenvalue weighted by Crippen LogP contribution is 2.23. The molecule has 0 aliphatic rings. The van der Waals surface area contributed by atoms with Crippen LogP contribution in [-0.4, -0.2) is 41.5 Å². The summed E-state index contributed by atoms with van der Waals surface area (Å²) < 4.78 is 0. The van der Waals surface area contributed by atoms with E-state index in [0.717, 1.165) is 5.69 Å². The van der Waals surface area contributed by atoms with Crippen LogP contribution in [0.1, 0.15) is 5.56 Å². The molecule has 0 aliphatic carbocycles. The average molecular weight is 316 g/mol. The molecule has 0 radical (unpaired) electrons. The standard InChI is InChI=1S/C15H16N4O2S/c1-19(7-8-20)11-5-3-10(4-6-11)13-12(9-16)14(21)18-15(17-13)22-2/h3-6,20H,7-8H2,1-2H3,(H,17,18,21). The molecular formula is C15H16N4O2S. The molecule has 0 fully saturated rings. The molecule has 114 valence electrons. The Hall–Kier alpha value is -2.30. The third-order valence-corrected chi connectivity index (χ3v) is 3.80. The number of nitrogens with one attached hydrogen (secondary N) is 1. The fourth-order valence-corrected chi connectivity index (χ4v) is 2.39. The molecule has 6 nitrogen and oxygen atoms in total. The average Bonchev–Trinajstić information content (AvgIpc) is 2.54. The second-order valence-corrected chi connectivity index (χ2v) is 5.40. The Morgan fingerprint density at radius 2 is 2.09 bits per heavy atom. The summed E-state index contributed by atoms with van der Waals surface area (Å²) in [6, 6.07) is 9.28. The second kappa shape index (κ2) is 7.11. The zero-order chi connectivity index (χ0) is 16.1. The number of benzene rings is 1. The van der Waals surface area contributed by atoms with Crippen LogP contribution >= 0.6 is 11.8 Å². The number of nitriles is 1. The maximum Gasteiger partial charge on any atom is 0.270 e. The summed E-state index contributed by atoms with van der Waals surface area (Å²) in [5.41, 5.74) is 1.60. The molecular weight excluding hydrogens is 300 g/mol. The predicted molar refractivity (Wildman–Crippen MR) is 87.1 cm³/mol. The number of aliphatic hydroxyl groups excluding tert-OH is 1. The van der Waals surface area contributed by atoms with Gasteiger partial charge >= 0.3 is 0 Å². The number of aromatic amines is 1. The molecule has 1 aromatic carbocycles. The minimum absolute atomic E-state index is 0.00858. The number of H-pyrrole nitrogens is 1. The number of likely N-dealkylation sites (N-methyl/N-ethyl adjacent to an activating group) is 1. The Morgan fingerprint density at radius 1 is 1.41 bits per heavy atom. The van der Waals surface area contributed by atoms with E-state index >= 15 is 0 Å². The molecule has 0 spiro atoms. The first kappa shape index (κ1) is 16.1. The number of hydrogen-bond donors (Lipinski definition) is 2. The smallest absolute Gasteiger partial charge is 0.270 e. The first-order valence-electron chi connectivity index (χ1n) is 6.61. The van der Waals surface area contributed by atoms with Crippen molar-refractivity contribution >= 4 is 17.4 Å². The van der Waals surface area contributed by atoms with E-state index in [2.05, 4.69) is 9.97 Å². The monoisotopic (exact) mass is 316 g/mol. The molecule has 0 bridgehead atoms. The largest absolute Gasteiger partial charge is 0.395 e. The topological polar surface area (TPSA) is 93.0 Å². The van der Waals surface area contributed by atoms with Gasteiger partial charge in [-0.05, 0) is 18.4 Å². The number of aromatic nitrogens is 2. The molecule has 0 unspecified atom stereocenters. The molecule has 2 aromatic rings. The zero-order valence-corrected chi connectivity index (χ0v) is 13.1. The van der Waals surface area contributed by atoms with Crippen LogP contribution in [-0.2, 0) is 0 Å². The van der Waals surface area contributed by atoms with Gasteiger partial charge in [0.1, 0.15) is 11.6 Å². The van der Waals surface area contributed by atoms with Crippen LogP contribution in [0.25, 0.3) is 11.3 Å². The summed E-state index contributed by atoms with van der Waals surface area (Å²) in [7, 11) is 1.88. The van der Waals surface area contributed by atoms with E-state index in [1.54, 1.807) is 6.26 Å². The van der Waals surface area contributed by atoms with E-state index < -0.39 is 5.56 Å². The van der Waals surface area contributed by atoms with E-state index in [-0.39, 0.29) is 12.2 Å². The number of hydrogen-bond acceptors (Lipinski definition) is 6. The minimum Gasteiger partial charge on any atom is -0.395 e. The number of nitrogens with zero attached hydrogens (tertiary/aromatic N) is 3. The van der Waals surface area contributed by atoms with Crippen molar-refractivity contribution in [2.45, 2.75) is 5.16 Å². The zero-order valence-electron chi connectivity index (χ0n) is 12.3. The molecule has 0 aliphatic heterocycles. The maximum atomic E-state index is 11.9. The lowest BCUT2D eigenvalue weighted by Gasteiger charge is -2.18. The summed E-state index contributed by atoms with van der Waals surface area (Å²) in [5.74, 6) is 0. The molecule has 0 atom stereocenters.